The van der Waals surface area contributed by atoms with Crippen LogP contribution in [0.25, 0.3) is 0 Å². The van der Waals surface area contributed by atoms with E-state index in [2.05, 4.69) is 12.2 Å². The third-order valence-corrected chi connectivity index (χ3v) is 2.59. The van der Waals surface area contributed by atoms with Gasteiger partial charge in [0.15, 0.2) is 0 Å². The maximum Gasteiger partial charge on any atom is 0.129 e. The minimum absolute atomic E-state index is 0.438. The highest BCUT2D eigenvalue weighted by atomic mass is 19.1. The van der Waals surface area contributed by atoms with E-state index in [1.807, 2.05) is 7.05 Å². The topological polar surface area (TPSA) is 12.0 Å². The minimum atomic E-state index is -0.514. The molecule has 0 heterocycles. The van der Waals surface area contributed by atoms with Crippen LogP contribution in [0.4, 0.5) is 8.78 Å². The molecule has 84 valence electrons. The zero-order valence-electron chi connectivity index (χ0n) is 9.19. The lowest BCUT2D eigenvalue weighted by Gasteiger charge is -2.09. The SMILES string of the molecule is CNC(C)CCCc1ccc(F)cc1F. The summed E-state index contributed by atoms with van der Waals surface area (Å²) in [5.74, 6) is -0.952. The Morgan fingerprint density at radius 2 is 2.07 bits per heavy atom. The molecule has 1 unspecified atom stereocenters. The van der Waals surface area contributed by atoms with Crippen LogP contribution in [0.15, 0.2) is 18.2 Å². The van der Waals surface area contributed by atoms with Gasteiger partial charge in [0.25, 0.3) is 0 Å². The van der Waals surface area contributed by atoms with Gasteiger partial charge in [0, 0.05) is 12.1 Å². The lowest BCUT2D eigenvalue weighted by molar-refractivity contribution is 0.529. The van der Waals surface area contributed by atoms with Gasteiger partial charge in [-0.2, -0.15) is 0 Å². The smallest absolute Gasteiger partial charge is 0.129 e. The summed E-state index contributed by atoms with van der Waals surface area (Å²) in [5, 5.41) is 3.12. The molecule has 1 rings (SSSR count). The number of hydrogen-bond donors (Lipinski definition) is 1. The number of halogens is 2. The van der Waals surface area contributed by atoms with Gasteiger partial charge in [-0.05, 0) is 44.9 Å². The normalized spacial score (nSPS) is 12.8. The van der Waals surface area contributed by atoms with Crippen molar-refractivity contribution in [1.29, 1.82) is 0 Å². The molecule has 1 nitrogen and oxygen atoms in total. The van der Waals surface area contributed by atoms with Crippen LogP contribution in [0, 0.1) is 11.6 Å². The van der Waals surface area contributed by atoms with E-state index in [1.54, 1.807) is 0 Å². The number of nitrogens with one attached hydrogen (secondary N) is 1. The predicted octanol–water partition coefficient (Wildman–Crippen LogP) is 2.90. The van der Waals surface area contributed by atoms with E-state index < -0.39 is 11.6 Å². The Morgan fingerprint density at radius 3 is 2.67 bits per heavy atom. The highest BCUT2D eigenvalue weighted by molar-refractivity contribution is 5.18. The second kappa shape index (κ2) is 5.81. The van der Waals surface area contributed by atoms with Gasteiger partial charge in [0.1, 0.15) is 11.6 Å². The molecule has 0 radical (unpaired) electrons. The lowest BCUT2D eigenvalue weighted by Crippen LogP contribution is -2.20. The van der Waals surface area contributed by atoms with Gasteiger partial charge >= 0.3 is 0 Å². The Kier molecular flexibility index (Phi) is 4.69. The zero-order chi connectivity index (χ0) is 11.3. The fraction of sp³-hybridized carbons (Fsp3) is 0.500. The summed E-state index contributed by atoms with van der Waals surface area (Å²) < 4.78 is 25.8. The maximum absolute atomic E-state index is 13.2. The highest BCUT2D eigenvalue weighted by Gasteiger charge is 2.04. The summed E-state index contributed by atoms with van der Waals surface area (Å²) in [6.07, 6.45) is 2.57. The number of aryl methyl sites for hydroxylation is 1. The molecule has 1 aromatic rings. The van der Waals surface area contributed by atoms with Crippen LogP contribution in [0.5, 0.6) is 0 Å². The van der Waals surface area contributed by atoms with E-state index in [0.717, 1.165) is 18.9 Å². The Hall–Kier alpha value is -0.960. The molecule has 1 aromatic carbocycles. The van der Waals surface area contributed by atoms with Crippen molar-refractivity contribution in [3.8, 4) is 0 Å². The Labute approximate surface area is 89.5 Å². The molecule has 0 aliphatic heterocycles. The molecule has 0 aromatic heterocycles. The van der Waals surface area contributed by atoms with Gasteiger partial charge in [-0.25, -0.2) is 8.78 Å². The van der Waals surface area contributed by atoms with Crippen LogP contribution in [-0.2, 0) is 6.42 Å². The van der Waals surface area contributed by atoms with Gasteiger partial charge in [-0.1, -0.05) is 6.07 Å². The van der Waals surface area contributed by atoms with Crippen molar-refractivity contribution in [2.45, 2.75) is 32.2 Å². The molecule has 0 saturated heterocycles. The standard InChI is InChI=1S/C12H17F2N/c1-9(15-2)4-3-5-10-6-7-11(13)8-12(10)14/h6-9,15H,3-5H2,1-2H3. The van der Waals surface area contributed by atoms with Crippen molar-refractivity contribution in [3.63, 3.8) is 0 Å². The fourth-order valence-corrected chi connectivity index (χ4v) is 1.47. The molecular formula is C12H17F2N. The fourth-order valence-electron chi connectivity index (χ4n) is 1.47. The van der Waals surface area contributed by atoms with Crippen molar-refractivity contribution in [1.82, 2.24) is 5.32 Å². The van der Waals surface area contributed by atoms with E-state index in [-0.39, 0.29) is 0 Å². The second-order valence-electron chi connectivity index (χ2n) is 3.82. The lowest BCUT2D eigenvalue weighted by atomic mass is 10.1. The molecule has 15 heavy (non-hydrogen) atoms. The first-order valence-electron chi connectivity index (χ1n) is 5.24. The van der Waals surface area contributed by atoms with Gasteiger partial charge in [-0.15, -0.1) is 0 Å². The van der Waals surface area contributed by atoms with Crippen molar-refractivity contribution >= 4 is 0 Å². The van der Waals surface area contributed by atoms with Crippen LogP contribution in [0.3, 0.4) is 0 Å². The maximum atomic E-state index is 13.2. The summed E-state index contributed by atoms with van der Waals surface area (Å²) in [4.78, 5) is 0. The minimum Gasteiger partial charge on any atom is -0.317 e. The van der Waals surface area contributed by atoms with Crippen LogP contribution in [0.2, 0.25) is 0 Å². The van der Waals surface area contributed by atoms with Gasteiger partial charge in [0.2, 0.25) is 0 Å². The third-order valence-electron chi connectivity index (χ3n) is 2.59. The Bertz CT molecular complexity index is 312. The number of rotatable bonds is 5. The second-order valence-corrected chi connectivity index (χ2v) is 3.82. The molecule has 0 aliphatic rings. The van der Waals surface area contributed by atoms with Gasteiger partial charge < -0.3 is 5.32 Å². The van der Waals surface area contributed by atoms with Gasteiger partial charge in [-0.3, -0.25) is 0 Å². The van der Waals surface area contributed by atoms with E-state index in [4.69, 9.17) is 0 Å². The summed E-state index contributed by atoms with van der Waals surface area (Å²) in [6.45, 7) is 2.08. The van der Waals surface area contributed by atoms with Crippen LogP contribution in [0.1, 0.15) is 25.3 Å². The van der Waals surface area contributed by atoms with E-state index in [9.17, 15) is 8.78 Å². The van der Waals surface area contributed by atoms with E-state index in [0.29, 0.717) is 18.0 Å². The van der Waals surface area contributed by atoms with Crippen molar-refractivity contribution in [2.24, 2.45) is 0 Å². The molecule has 0 saturated carbocycles. The molecule has 0 fully saturated rings. The molecule has 3 heteroatoms. The Balaban J connectivity index is 2.44. The van der Waals surface area contributed by atoms with Crippen molar-refractivity contribution in [2.75, 3.05) is 7.05 Å². The highest BCUT2D eigenvalue weighted by Crippen LogP contribution is 2.12. The molecular weight excluding hydrogens is 196 g/mol. The largest absolute Gasteiger partial charge is 0.317 e. The van der Waals surface area contributed by atoms with E-state index >= 15 is 0 Å². The zero-order valence-corrected chi connectivity index (χ0v) is 9.19. The monoisotopic (exact) mass is 213 g/mol. The van der Waals surface area contributed by atoms with Crippen molar-refractivity contribution < 1.29 is 8.78 Å². The molecule has 1 N–H and O–H groups in total. The van der Waals surface area contributed by atoms with Crippen LogP contribution < -0.4 is 5.32 Å². The number of benzene rings is 1. The molecule has 0 amide bonds. The summed E-state index contributed by atoms with van der Waals surface area (Å²) >= 11 is 0. The number of hydrogen-bond acceptors (Lipinski definition) is 1. The first-order chi connectivity index (χ1) is 7.13. The van der Waals surface area contributed by atoms with Gasteiger partial charge in [0.05, 0.1) is 0 Å². The van der Waals surface area contributed by atoms with Crippen molar-refractivity contribution in [3.05, 3.63) is 35.4 Å². The average Bonchev–Trinajstić information content (AvgIpc) is 2.21. The third kappa shape index (κ3) is 3.96. The molecule has 1 atom stereocenters. The predicted molar refractivity (Wildman–Crippen MR) is 57.8 cm³/mol. The quantitative estimate of drug-likeness (QED) is 0.793. The molecule has 0 bridgehead atoms. The Morgan fingerprint density at radius 1 is 1.33 bits per heavy atom. The van der Waals surface area contributed by atoms with Crippen LogP contribution >= 0.6 is 0 Å². The summed E-state index contributed by atoms with van der Waals surface area (Å²) in [6, 6.07) is 4.21. The summed E-state index contributed by atoms with van der Waals surface area (Å²) in [7, 11) is 1.91. The van der Waals surface area contributed by atoms with E-state index in [1.165, 1.54) is 12.1 Å². The van der Waals surface area contributed by atoms with Crippen LogP contribution in [-0.4, -0.2) is 13.1 Å². The first kappa shape index (κ1) is 12.1. The average molecular weight is 213 g/mol. The molecule has 0 spiro atoms. The molecule has 0 aliphatic carbocycles. The first-order valence-corrected chi connectivity index (χ1v) is 5.24. The summed E-state index contributed by atoms with van der Waals surface area (Å²) in [5.41, 5.74) is 0.597.